The van der Waals surface area contributed by atoms with E-state index in [9.17, 15) is 9.59 Å². The number of aryl methyl sites for hydroxylation is 1. The summed E-state index contributed by atoms with van der Waals surface area (Å²) in [6.07, 6.45) is 0.216. The van der Waals surface area contributed by atoms with Crippen LogP contribution in [0.3, 0.4) is 0 Å². The van der Waals surface area contributed by atoms with Gasteiger partial charge in [-0.05, 0) is 55.8 Å². The van der Waals surface area contributed by atoms with Crippen molar-refractivity contribution in [2.24, 2.45) is 0 Å². The van der Waals surface area contributed by atoms with Crippen LogP contribution >= 0.6 is 23.1 Å². The van der Waals surface area contributed by atoms with Crippen LogP contribution < -0.4 is 20.1 Å². The zero-order chi connectivity index (χ0) is 26.9. The lowest BCUT2D eigenvalue weighted by Crippen LogP contribution is -2.26. The molecule has 0 atom stereocenters. The minimum Gasteiger partial charge on any atom is -0.497 e. The molecule has 0 aliphatic heterocycles. The first-order chi connectivity index (χ1) is 18.4. The highest BCUT2D eigenvalue weighted by Crippen LogP contribution is 2.24. The molecule has 13 heteroatoms. The van der Waals surface area contributed by atoms with Gasteiger partial charge in [0.25, 0.3) is 0 Å². The fourth-order valence-corrected chi connectivity index (χ4v) is 4.81. The first-order valence-corrected chi connectivity index (χ1v) is 13.5. The maximum absolute atomic E-state index is 12.6. The fraction of sp³-hybridized carbons (Fsp3) is 0.280. The van der Waals surface area contributed by atoms with Crippen molar-refractivity contribution in [3.63, 3.8) is 0 Å². The Morgan fingerprint density at radius 1 is 0.974 bits per heavy atom. The van der Waals surface area contributed by atoms with Gasteiger partial charge < -0.3 is 14.8 Å². The Morgan fingerprint density at radius 2 is 1.71 bits per heavy atom. The Kier molecular flexibility index (Phi) is 9.27. The van der Waals surface area contributed by atoms with Crippen molar-refractivity contribution in [1.82, 2.24) is 30.3 Å². The maximum atomic E-state index is 12.6. The summed E-state index contributed by atoms with van der Waals surface area (Å²) in [6, 6.07) is 14.8. The van der Waals surface area contributed by atoms with Crippen molar-refractivity contribution in [1.29, 1.82) is 0 Å². The van der Waals surface area contributed by atoms with Crippen molar-refractivity contribution in [3.8, 4) is 17.2 Å². The van der Waals surface area contributed by atoms with Gasteiger partial charge in [-0.3, -0.25) is 19.5 Å². The molecule has 0 unspecified atom stereocenters. The molecule has 0 aliphatic rings. The van der Waals surface area contributed by atoms with Gasteiger partial charge in [0.2, 0.25) is 16.9 Å². The first kappa shape index (κ1) is 27.1. The van der Waals surface area contributed by atoms with Crippen LogP contribution in [0.5, 0.6) is 11.5 Å². The summed E-state index contributed by atoms with van der Waals surface area (Å²) in [7, 11) is 1.60. The number of aromatic nitrogens is 5. The molecule has 2 aromatic heterocycles. The number of methoxy groups -OCH3 is 1. The number of hydrogen-bond donors (Lipinski definition) is 2. The molecule has 2 aromatic carbocycles. The van der Waals surface area contributed by atoms with Gasteiger partial charge in [-0.15, -0.1) is 20.4 Å². The van der Waals surface area contributed by atoms with Crippen LogP contribution in [0.2, 0.25) is 0 Å². The summed E-state index contributed by atoms with van der Waals surface area (Å²) in [6.45, 7) is 4.45. The van der Waals surface area contributed by atoms with E-state index in [1.807, 2.05) is 66.9 Å². The number of anilines is 1. The average molecular weight is 554 g/mol. The van der Waals surface area contributed by atoms with Crippen LogP contribution in [0.4, 0.5) is 5.13 Å². The molecule has 4 aromatic rings. The van der Waals surface area contributed by atoms with Crippen LogP contribution in [0.15, 0.2) is 53.7 Å². The second-order valence-electron chi connectivity index (χ2n) is 7.93. The average Bonchev–Trinajstić information content (AvgIpc) is 3.52. The second-order valence-corrected chi connectivity index (χ2v) is 10.0. The standard InChI is InChI=1S/C25H27N7O4S2/c1-4-36-20-11-7-18(8-12-20)32-21(14-26-22(33)13-17-5-9-19(35-3)10-6-17)29-31-25(32)37-15-23(34)27-24-30-28-16(2)38-24/h5-12H,4,13-15H2,1-3H3,(H,26,33)(H,27,30,34). The zero-order valence-corrected chi connectivity index (χ0v) is 22.8. The highest BCUT2D eigenvalue weighted by atomic mass is 32.2. The molecule has 2 heterocycles. The van der Waals surface area contributed by atoms with E-state index in [-0.39, 0.29) is 30.5 Å². The molecule has 11 nitrogen and oxygen atoms in total. The minimum absolute atomic E-state index is 0.0949. The summed E-state index contributed by atoms with van der Waals surface area (Å²) < 4.78 is 12.5. The maximum Gasteiger partial charge on any atom is 0.236 e. The first-order valence-electron chi connectivity index (χ1n) is 11.7. The number of ether oxygens (including phenoxy) is 2. The largest absolute Gasteiger partial charge is 0.497 e. The van der Waals surface area contributed by atoms with E-state index in [1.54, 1.807) is 7.11 Å². The molecule has 0 aliphatic carbocycles. The lowest BCUT2D eigenvalue weighted by Gasteiger charge is -2.12. The van der Waals surface area contributed by atoms with Crippen molar-refractivity contribution in [2.45, 2.75) is 32.0 Å². The molecule has 0 radical (unpaired) electrons. The molecular formula is C25H27N7O4S2. The highest BCUT2D eigenvalue weighted by molar-refractivity contribution is 7.99. The molecule has 0 spiro atoms. The van der Waals surface area contributed by atoms with Gasteiger partial charge >= 0.3 is 0 Å². The van der Waals surface area contributed by atoms with Crippen LogP contribution in [0, 0.1) is 6.92 Å². The van der Waals surface area contributed by atoms with Gasteiger partial charge in [0, 0.05) is 5.69 Å². The minimum atomic E-state index is -0.235. The number of nitrogens with one attached hydrogen (secondary N) is 2. The summed E-state index contributed by atoms with van der Waals surface area (Å²) in [5, 5.41) is 23.8. The summed E-state index contributed by atoms with van der Waals surface area (Å²) in [5.74, 6) is 1.70. The normalized spacial score (nSPS) is 10.7. The van der Waals surface area contributed by atoms with Gasteiger partial charge in [-0.1, -0.05) is 35.2 Å². The molecule has 198 valence electrons. The number of nitrogens with zero attached hydrogens (tertiary/aromatic N) is 5. The Labute approximate surface area is 228 Å². The molecule has 4 rings (SSSR count). The number of benzene rings is 2. The Morgan fingerprint density at radius 3 is 2.37 bits per heavy atom. The Bertz CT molecular complexity index is 1370. The van der Waals surface area contributed by atoms with Crippen molar-refractivity contribution < 1.29 is 19.1 Å². The van der Waals surface area contributed by atoms with E-state index in [2.05, 4.69) is 31.0 Å². The number of thioether (sulfide) groups is 1. The molecule has 0 bridgehead atoms. The van der Waals surface area contributed by atoms with E-state index in [0.29, 0.717) is 22.7 Å². The van der Waals surface area contributed by atoms with Crippen LogP contribution in [0.1, 0.15) is 23.3 Å². The predicted octanol–water partition coefficient (Wildman–Crippen LogP) is 3.42. The van der Waals surface area contributed by atoms with E-state index in [0.717, 1.165) is 27.8 Å². The fourth-order valence-electron chi connectivity index (χ4n) is 3.43. The molecule has 2 N–H and O–H groups in total. The lowest BCUT2D eigenvalue weighted by molar-refractivity contribution is -0.120. The SMILES string of the molecule is CCOc1ccc(-n2c(CNC(=O)Cc3ccc(OC)cc3)nnc2SCC(=O)Nc2nnc(C)s2)cc1. The number of carbonyl (C=O) groups is 2. The monoisotopic (exact) mass is 553 g/mol. The second kappa shape index (κ2) is 13.0. The van der Waals surface area contributed by atoms with E-state index in [1.165, 1.54) is 23.1 Å². The van der Waals surface area contributed by atoms with Crippen molar-refractivity contribution in [3.05, 3.63) is 64.9 Å². The molecule has 0 saturated carbocycles. The number of carbonyl (C=O) groups excluding carboxylic acids is 2. The molecular weight excluding hydrogens is 526 g/mol. The molecule has 38 heavy (non-hydrogen) atoms. The number of hydrogen-bond acceptors (Lipinski definition) is 10. The third-order valence-electron chi connectivity index (χ3n) is 5.18. The van der Waals surface area contributed by atoms with Gasteiger partial charge in [0.1, 0.15) is 16.5 Å². The zero-order valence-electron chi connectivity index (χ0n) is 21.1. The molecule has 0 fully saturated rings. The summed E-state index contributed by atoms with van der Waals surface area (Å²) in [4.78, 5) is 25.1. The quantitative estimate of drug-likeness (QED) is 0.253. The topological polar surface area (TPSA) is 133 Å². The van der Waals surface area contributed by atoms with Crippen molar-refractivity contribution >= 4 is 40.0 Å². The summed E-state index contributed by atoms with van der Waals surface area (Å²) in [5.41, 5.74) is 1.64. The van der Waals surface area contributed by atoms with Crippen molar-refractivity contribution in [2.75, 3.05) is 24.8 Å². The molecule has 0 saturated heterocycles. The lowest BCUT2D eigenvalue weighted by atomic mass is 10.1. The van der Waals surface area contributed by atoms with E-state index in [4.69, 9.17) is 9.47 Å². The van der Waals surface area contributed by atoms with E-state index < -0.39 is 0 Å². The van der Waals surface area contributed by atoms with Crippen LogP contribution in [-0.4, -0.2) is 56.2 Å². The highest BCUT2D eigenvalue weighted by Gasteiger charge is 2.17. The third kappa shape index (κ3) is 7.29. The number of amides is 2. The third-order valence-corrected chi connectivity index (χ3v) is 6.86. The van der Waals surface area contributed by atoms with Gasteiger partial charge in [0.05, 0.1) is 32.4 Å². The van der Waals surface area contributed by atoms with Crippen LogP contribution in [0.25, 0.3) is 5.69 Å². The predicted molar refractivity (Wildman–Crippen MR) is 145 cm³/mol. The Hall–Kier alpha value is -3.97. The molecule has 2 amide bonds. The smallest absolute Gasteiger partial charge is 0.236 e. The number of rotatable bonds is 12. The Balaban J connectivity index is 1.46. The summed E-state index contributed by atoms with van der Waals surface area (Å²) >= 11 is 2.53. The van der Waals surface area contributed by atoms with Gasteiger partial charge in [-0.2, -0.15) is 0 Å². The van der Waals surface area contributed by atoms with E-state index >= 15 is 0 Å². The van der Waals surface area contributed by atoms with Gasteiger partial charge in [0.15, 0.2) is 11.0 Å². The van der Waals surface area contributed by atoms with Crippen LogP contribution in [-0.2, 0) is 22.6 Å². The van der Waals surface area contributed by atoms with Gasteiger partial charge in [-0.25, -0.2) is 0 Å².